The summed E-state index contributed by atoms with van der Waals surface area (Å²) in [7, 11) is 0. The van der Waals surface area contributed by atoms with Crippen molar-refractivity contribution in [1.29, 1.82) is 0 Å². The molecule has 0 fully saturated rings. The van der Waals surface area contributed by atoms with Crippen LogP contribution in [0.2, 0.25) is 0 Å². The number of aliphatic hydroxyl groups is 1. The van der Waals surface area contributed by atoms with Gasteiger partial charge < -0.3 is 14.6 Å². The molecule has 2 atom stereocenters. The first-order valence-electron chi connectivity index (χ1n) is 7.73. The fraction of sp³-hybridized carbons (Fsp3) is 0.875. The molecule has 0 amide bonds. The molecule has 2 unspecified atom stereocenters. The van der Waals surface area contributed by atoms with Crippen LogP contribution in [-0.4, -0.2) is 42.8 Å². The van der Waals surface area contributed by atoms with Crippen LogP contribution in [0.5, 0.6) is 0 Å². The average Bonchev–Trinajstić information content (AvgIpc) is 2.45. The maximum Gasteiger partial charge on any atom is 0.335 e. The van der Waals surface area contributed by atoms with Gasteiger partial charge in [-0.1, -0.05) is 34.1 Å². The minimum Gasteiger partial charge on any atom is -0.464 e. The second-order valence-electron chi connectivity index (χ2n) is 5.85. The molecule has 0 aromatic rings. The number of hydrogen-bond donors (Lipinski definition) is 1. The number of esters is 1. The van der Waals surface area contributed by atoms with E-state index in [0.717, 1.165) is 6.42 Å². The number of ether oxygens (including phenoxy) is 2. The van der Waals surface area contributed by atoms with Crippen LogP contribution >= 0.6 is 0 Å². The van der Waals surface area contributed by atoms with Gasteiger partial charge >= 0.3 is 5.97 Å². The van der Waals surface area contributed by atoms with Gasteiger partial charge in [0.2, 0.25) is 0 Å². The number of Topliss-reactive ketones (excluding diaryl/α,β-unsaturated/α-hetero) is 1. The van der Waals surface area contributed by atoms with Crippen LogP contribution in [0.3, 0.4) is 0 Å². The van der Waals surface area contributed by atoms with Crippen molar-refractivity contribution in [1.82, 2.24) is 0 Å². The molecule has 5 nitrogen and oxygen atoms in total. The molecule has 0 aliphatic rings. The number of carbonyl (C=O) groups excluding carboxylic acids is 2. The second-order valence-corrected chi connectivity index (χ2v) is 5.85. The van der Waals surface area contributed by atoms with Crippen molar-refractivity contribution < 1.29 is 24.2 Å². The molecule has 0 aromatic carbocycles. The predicted octanol–water partition coefficient (Wildman–Crippen LogP) is 2.35. The maximum absolute atomic E-state index is 12.5. The van der Waals surface area contributed by atoms with Gasteiger partial charge in [0.1, 0.15) is 5.78 Å². The highest BCUT2D eigenvalue weighted by Crippen LogP contribution is 2.32. The van der Waals surface area contributed by atoms with Gasteiger partial charge in [-0.3, -0.25) is 4.79 Å². The van der Waals surface area contributed by atoms with Crippen molar-refractivity contribution in [2.75, 3.05) is 19.8 Å². The number of aliphatic hydroxyl groups excluding tert-OH is 1. The minimum absolute atomic E-state index is 0.00102. The zero-order valence-corrected chi connectivity index (χ0v) is 14.0. The lowest BCUT2D eigenvalue weighted by Crippen LogP contribution is -2.37. The molecule has 0 saturated carbocycles. The third-order valence-corrected chi connectivity index (χ3v) is 4.10. The SMILES string of the molecule is CCOC(=O)C(CC(=O)C(C)(C)C(C)CC)OCCCO. The summed E-state index contributed by atoms with van der Waals surface area (Å²) in [5, 5.41) is 8.77. The number of hydrogen-bond acceptors (Lipinski definition) is 5. The fourth-order valence-electron chi connectivity index (χ4n) is 1.95. The van der Waals surface area contributed by atoms with E-state index in [-0.39, 0.29) is 37.9 Å². The molecule has 0 heterocycles. The lowest BCUT2D eigenvalue weighted by atomic mass is 9.73. The van der Waals surface area contributed by atoms with Gasteiger partial charge in [-0.2, -0.15) is 0 Å². The van der Waals surface area contributed by atoms with Crippen molar-refractivity contribution in [3.05, 3.63) is 0 Å². The van der Waals surface area contributed by atoms with Crippen molar-refractivity contribution in [2.45, 2.75) is 60.0 Å². The van der Waals surface area contributed by atoms with Crippen LogP contribution in [0.4, 0.5) is 0 Å². The summed E-state index contributed by atoms with van der Waals surface area (Å²) in [4.78, 5) is 24.4. The first-order chi connectivity index (χ1) is 9.81. The lowest BCUT2D eigenvalue weighted by Gasteiger charge is -2.30. The summed E-state index contributed by atoms with van der Waals surface area (Å²) in [6.07, 6.45) is 0.460. The van der Waals surface area contributed by atoms with Gasteiger partial charge in [-0.25, -0.2) is 4.79 Å². The van der Waals surface area contributed by atoms with Crippen molar-refractivity contribution in [3.63, 3.8) is 0 Å². The topological polar surface area (TPSA) is 72.8 Å². The number of rotatable bonds is 11. The van der Waals surface area contributed by atoms with Crippen LogP contribution in [0.25, 0.3) is 0 Å². The molecule has 0 rings (SSSR count). The summed E-state index contributed by atoms with van der Waals surface area (Å²) in [6, 6.07) is 0. The first kappa shape index (κ1) is 20.1. The average molecular weight is 302 g/mol. The summed E-state index contributed by atoms with van der Waals surface area (Å²) in [6.45, 7) is 10.1. The Morgan fingerprint density at radius 3 is 2.33 bits per heavy atom. The van der Waals surface area contributed by atoms with Crippen molar-refractivity contribution in [3.8, 4) is 0 Å². The maximum atomic E-state index is 12.5. The third kappa shape index (κ3) is 6.57. The Labute approximate surface area is 128 Å². The molecule has 0 radical (unpaired) electrons. The van der Waals surface area contributed by atoms with Crippen LogP contribution in [-0.2, 0) is 19.1 Å². The first-order valence-corrected chi connectivity index (χ1v) is 7.73. The van der Waals surface area contributed by atoms with Gasteiger partial charge in [0.05, 0.1) is 6.61 Å². The van der Waals surface area contributed by atoms with Crippen LogP contribution in [0.1, 0.15) is 53.9 Å². The van der Waals surface area contributed by atoms with E-state index in [4.69, 9.17) is 14.6 Å². The van der Waals surface area contributed by atoms with E-state index in [2.05, 4.69) is 0 Å². The van der Waals surface area contributed by atoms with Crippen molar-refractivity contribution >= 4 is 11.8 Å². The van der Waals surface area contributed by atoms with E-state index >= 15 is 0 Å². The number of carbonyl (C=O) groups is 2. The molecular formula is C16H30O5. The largest absolute Gasteiger partial charge is 0.464 e. The van der Waals surface area contributed by atoms with E-state index in [1.165, 1.54) is 0 Å². The zero-order valence-electron chi connectivity index (χ0n) is 14.0. The van der Waals surface area contributed by atoms with Crippen molar-refractivity contribution in [2.24, 2.45) is 11.3 Å². The molecule has 0 bridgehead atoms. The van der Waals surface area contributed by atoms with E-state index < -0.39 is 17.5 Å². The highest BCUT2D eigenvalue weighted by molar-refractivity contribution is 5.89. The number of ketones is 1. The van der Waals surface area contributed by atoms with Gasteiger partial charge in [0.15, 0.2) is 6.10 Å². The molecule has 0 aromatic heterocycles. The molecule has 0 saturated heterocycles. The highest BCUT2D eigenvalue weighted by atomic mass is 16.6. The summed E-state index contributed by atoms with van der Waals surface area (Å²) < 4.78 is 10.4. The van der Waals surface area contributed by atoms with E-state index in [9.17, 15) is 9.59 Å². The molecule has 21 heavy (non-hydrogen) atoms. The van der Waals surface area contributed by atoms with Crippen LogP contribution in [0.15, 0.2) is 0 Å². The lowest BCUT2D eigenvalue weighted by molar-refractivity contribution is -0.160. The summed E-state index contributed by atoms with van der Waals surface area (Å²) >= 11 is 0. The summed E-state index contributed by atoms with van der Waals surface area (Å²) in [5.74, 6) is -0.284. The highest BCUT2D eigenvalue weighted by Gasteiger charge is 2.36. The van der Waals surface area contributed by atoms with Gasteiger partial charge in [0.25, 0.3) is 0 Å². The molecule has 0 spiro atoms. The standard InChI is InChI=1S/C16H30O5/c1-6-12(3)16(4,5)14(18)11-13(15(19)20-7-2)21-10-8-9-17/h12-13,17H,6-11H2,1-5H3. The Morgan fingerprint density at radius 2 is 1.86 bits per heavy atom. The molecule has 1 N–H and O–H groups in total. The van der Waals surface area contributed by atoms with Gasteiger partial charge in [-0.15, -0.1) is 0 Å². The summed E-state index contributed by atoms with van der Waals surface area (Å²) in [5.41, 5.74) is -0.500. The molecule has 0 aliphatic heterocycles. The predicted molar refractivity (Wildman–Crippen MR) is 80.9 cm³/mol. The smallest absolute Gasteiger partial charge is 0.335 e. The Balaban J connectivity index is 4.78. The molecule has 0 aliphatic carbocycles. The fourth-order valence-corrected chi connectivity index (χ4v) is 1.95. The van der Waals surface area contributed by atoms with E-state index in [1.807, 2.05) is 27.7 Å². The monoisotopic (exact) mass is 302 g/mol. The van der Waals surface area contributed by atoms with E-state index in [1.54, 1.807) is 6.92 Å². The Kier molecular flexibility index (Phi) is 9.46. The second kappa shape index (κ2) is 9.90. The van der Waals surface area contributed by atoms with Gasteiger partial charge in [0, 0.05) is 25.0 Å². The molecule has 124 valence electrons. The Bertz CT molecular complexity index is 325. The zero-order chi connectivity index (χ0) is 16.5. The van der Waals surface area contributed by atoms with E-state index in [0.29, 0.717) is 6.42 Å². The third-order valence-electron chi connectivity index (χ3n) is 4.10. The van der Waals surface area contributed by atoms with Crippen LogP contribution in [0, 0.1) is 11.3 Å². The van der Waals surface area contributed by atoms with Crippen LogP contribution < -0.4 is 0 Å². The molecular weight excluding hydrogens is 272 g/mol. The Morgan fingerprint density at radius 1 is 1.24 bits per heavy atom. The Hall–Kier alpha value is -0.940. The van der Waals surface area contributed by atoms with Gasteiger partial charge in [-0.05, 0) is 19.3 Å². The molecule has 5 heteroatoms. The minimum atomic E-state index is -0.882. The quantitative estimate of drug-likeness (QED) is 0.468. The normalized spacial score (nSPS) is 14.6.